The normalized spacial score (nSPS) is 10.6. The number of thiophene rings is 1. The number of carbonyl (C=O) groups is 1. The van der Waals surface area contributed by atoms with Crippen LogP contribution in [0.3, 0.4) is 0 Å². The number of thiocarbonyl (C=S) groups is 1. The van der Waals surface area contributed by atoms with E-state index < -0.39 is 0 Å². The highest BCUT2D eigenvalue weighted by molar-refractivity contribution is 7.80. The Morgan fingerprint density at radius 3 is 2.16 bits per heavy atom. The van der Waals surface area contributed by atoms with Gasteiger partial charge in [-0.15, -0.1) is 11.3 Å². The van der Waals surface area contributed by atoms with Crippen LogP contribution in [0, 0.1) is 13.8 Å². The average molecular weight is 385 g/mol. The van der Waals surface area contributed by atoms with Crippen molar-refractivity contribution in [3.05, 3.63) is 16.0 Å². The maximum Gasteiger partial charge on any atom is 0.341 e. The summed E-state index contributed by atoms with van der Waals surface area (Å²) in [7, 11) is 1.42. The number of esters is 1. The summed E-state index contributed by atoms with van der Waals surface area (Å²) < 4.78 is 4.94. The van der Waals surface area contributed by atoms with E-state index in [1.165, 1.54) is 32.8 Å². The summed E-state index contributed by atoms with van der Waals surface area (Å²) >= 11 is 7.22. The highest BCUT2D eigenvalue weighted by Crippen LogP contribution is 2.33. The average Bonchev–Trinajstić information content (AvgIpc) is 2.87. The van der Waals surface area contributed by atoms with Gasteiger partial charge < -0.3 is 15.0 Å². The molecule has 0 saturated carbocycles. The molecule has 1 aromatic rings. The first-order chi connectivity index (χ1) is 12.0. The number of ether oxygens (including phenoxy) is 1. The molecule has 0 fully saturated rings. The Morgan fingerprint density at radius 2 is 1.68 bits per heavy atom. The summed E-state index contributed by atoms with van der Waals surface area (Å²) in [6, 6.07) is 0. The van der Waals surface area contributed by atoms with Gasteiger partial charge in [0.15, 0.2) is 5.11 Å². The van der Waals surface area contributed by atoms with E-state index in [-0.39, 0.29) is 5.97 Å². The molecule has 1 aromatic heterocycles. The Hall–Kier alpha value is -1.14. The summed E-state index contributed by atoms with van der Waals surface area (Å²) in [4.78, 5) is 15.5. The Labute approximate surface area is 161 Å². The van der Waals surface area contributed by atoms with Crippen LogP contribution in [0.1, 0.15) is 73.2 Å². The molecule has 1 heterocycles. The highest BCUT2D eigenvalue weighted by atomic mass is 32.1. The maximum absolute atomic E-state index is 12.1. The molecule has 0 aromatic carbocycles. The standard InChI is InChI=1S/C19H32N2O2S2/c1-6-8-10-12-21(13-11-9-7-2)19(24)20-17-16(18(22)23-5)14(3)15(4)25-17/h6-13H2,1-5H3,(H,20,24). The Balaban J connectivity index is 2.87. The topological polar surface area (TPSA) is 41.6 Å². The minimum Gasteiger partial charge on any atom is -0.465 e. The van der Waals surface area contributed by atoms with E-state index in [2.05, 4.69) is 24.1 Å². The van der Waals surface area contributed by atoms with Gasteiger partial charge in [0.25, 0.3) is 0 Å². The lowest BCUT2D eigenvalue weighted by molar-refractivity contribution is 0.0601. The molecule has 0 saturated heterocycles. The van der Waals surface area contributed by atoms with Crippen LogP contribution in [-0.4, -0.2) is 36.2 Å². The molecule has 0 spiro atoms. The highest BCUT2D eigenvalue weighted by Gasteiger charge is 2.22. The number of carbonyl (C=O) groups excluding carboxylic acids is 1. The second-order valence-corrected chi connectivity index (χ2v) is 7.92. The smallest absolute Gasteiger partial charge is 0.341 e. The van der Waals surface area contributed by atoms with E-state index in [0.29, 0.717) is 10.7 Å². The third-order valence-corrected chi connectivity index (χ3v) is 5.83. The molecule has 4 nitrogen and oxygen atoms in total. The van der Waals surface area contributed by atoms with Crippen molar-refractivity contribution in [1.29, 1.82) is 0 Å². The number of unbranched alkanes of at least 4 members (excludes halogenated alkanes) is 4. The van der Waals surface area contributed by atoms with E-state index in [1.807, 2.05) is 13.8 Å². The quantitative estimate of drug-likeness (QED) is 0.326. The summed E-state index contributed by atoms with van der Waals surface area (Å²) in [5.41, 5.74) is 1.57. The Kier molecular flexibility index (Phi) is 10.0. The maximum atomic E-state index is 12.1. The zero-order chi connectivity index (χ0) is 18.8. The summed E-state index contributed by atoms with van der Waals surface area (Å²) in [6.07, 6.45) is 7.07. The lowest BCUT2D eigenvalue weighted by Gasteiger charge is -2.26. The third kappa shape index (κ3) is 6.59. The first-order valence-electron chi connectivity index (χ1n) is 9.20. The SMILES string of the molecule is CCCCCN(CCCCC)C(=S)Nc1sc(C)c(C)c1C(=O)OC. The van der Waals surface area contributed by atoms with Gasteiger partial charge in [0.1, 0.15) is 5.00 Å². The van der Waals surface area contributed by atoms with Crippen LogP contribution in [0.5, 0.6) is 0 Å². The molecule has 6 heteroatoms. The third-order valence-electron chi connectivity index (χ3n) is 4.35. The minimum absolute atomic E-state index is 0.310. The van der Waals surface area contributed by atoms with Gasteiger partial charge in [0, 0.05) is 18.0 Å². The van der Waals surface area contributed by atoms with E-state index in [9.17, 15) is 4.79 Å². The fraction of sp³-hybridized carbons (Fsp3) is 0.684. The number of methoxy groups -OCH3 is 1. The molecule has 0 bridgehead atoms. The summed E-state index contributed by atoms with van der Waals surface area (Å²) in [6.45, 7) is 10.3. The Morgan fingerprint density at radius 1 is 1.12 bits per heavy atom. The van der Waals surface area contributed by atoms with Crippen molar-refractivity contribution in [2.75, 3.05) is 25.5 Å². The van der Waals surface area contributed by atoms with Gasteiger partial charge in [-0.2, -0.15) is 0 Å². The van der Waals surface area contributed by atoms with Crippen LogP contribution in [0.2, 0.25) is 0 Å². The van der Waals surface area contributed by atoms with Crippen molar-refractivity contribution in [3.8, 4) is 0 Å². The number of rotatable bonds is 10. The second kappa shape index (κ2) is 11.5. The van der Waals surface area contributed by atoms with Gasteiger partial charge in [-0.3, -0.25) is 0 Å². The van der Waals surface area contributed by atoms with Crippen LogP contribution < -0.4 is 5.32 Å². The monoisotopic (exact) mass is 384 g/mol. The molecule has 142 valence electrons. The molecular weight excluding hydrogens is 352 g/mol. The lowest BCUT2D eigenvalue weighted by atomic mass is 10.1. The van der Waals surface area contributed by atoms with Crippen molar-refractivity contribution < 1.29 is 9.53 Å². The van der Waals surface area contributed by atoms with E-state index >= 15 is 0 Å². The first-order valence-corrected chi connectivity index (χ1v) is 10.4. The van der Waals surface area contributed by atoms with Crippen LogP contribution in [0.15, 0.2) is 0 Å². The second-order valence-electron chi connectivity index (χ2n) is 6.31. The molecular formula is C19H32N2O2S2. The fourth-order valence-electron chi connectivity index (χ4n) is 2.66. The zero-order valence-electron chi connectivity index (χ0n) is 16.2. The molecule has 0 radical (unpaired) electrons. The number of hydrogen-bond donors (Lipinski definition) is 1. The van der Waals surface area contributed by atoms with Crippen molar-refractivity contribution >= 4 is 39.6 Å². The number of hydrogen-bond acceptors (Lipinski definition) is 4. The zero-order valence-corrected chi connectivity index (χ0v) is 17.9. The number of anilines is 1. The summed E-state index contributed by atoms with van der Waals surface area (Å²) in [5.74, 6) is -0.310. The molecule has 1 rings (SSSR count). The van der Waals surface area contributed by atoms with E-state index in [0.717, 1.165) is 41.4 Å². The predicted molar refractivity (Wildman–Crippen MR) is 112 cm³/mol. The molecule has 0 aliphatic rings. The van der Waals surface area contributed by atoms with Crippen LogP contribution in [-0.2, 0) is 4.74 Å². The number of nitrogens with one attached hydrogen (secondary N) is 1. The Bertz CT molecular complexity index is 560. The van der Waals surface area contributed by atoms with Gasteiger partial charge >= 0.3 is 5.97 Å². The van der Waals surface area contributed by atoms with Gasteiger partial charge in [-0.25, -0.2) is 4.79 Å². The summed E-state index contributed by atoms with van der Waals surface area (Å²) in [5, 5.41) is 4.82. The molecule has 1 N–H and O–H groups in total. The van der Waals surface area contributed by atoms with E-state index in [4.69, 9.17) is 17.0 Å². The van der Waals surface area contributed by atoms with Gasteiger partial charge in [0.2, 0.25) is 0 Å². The minimum atomic E-state index is -0.310. The van der Waals surface area contributed by atoms with Crippen LogP contribution in [0.25, 0.3) is 0 Å². The van der Waals surface area contributed by atoms with Crippen LogP contribution >= 0.6 is 23.6 Å². The van der Waals surface area contributed by atoms with Crippen molar-refractivity contribution in [2.45, 2.75) is 66.2 Å². The molecule has 0 amide bonds. The largest absolute Gasteiger partial charge is 0.465 e. The van der Waals surface area contributed by atoms with Crippen molar-refractivity contribution in [1.82, 2.24) is 4.90 Å². The first kappa shape index (κ1) is 21.9. The van der Waals surface area contributed by atoms with Gasteiger partial charge in [-0.05, 0) is 44.5 Å². The molecule has 25 heavy (non-hydrogen) atoms. The van der Waals surface area contributed by atoms with E-state index in [1.54, 1.807) is 11.3 Å². The lowest BCUT2D eigenvalue weighted by Crippen LogP contribution is -2.36. The predicted octanol–water partition coefficient (Wildman–Crippen LogP) is 5.53. The van der Waals surface area contributed by atoms with Gasteiger partial charge in [0.05, 0.1) is 12.7 Å². The number of nitrogens with zero attached hydrogens (tertiary/aromatic N) is 1. The molecule has 0 aliphatic carbocycles. The molecule has 0 aliphatic heterocycles. The van der Waals surface area contributed by atoms with Crippen molar-refractivity contribution in [2.24, 2.45) is 0 Å². The van der Waals surface area contributed by atoms with Gasteiger partial charge in [-0.1, -0.05) is 39.5 Å². The fourth-order valence-corrected chi connectivity index (χ4v) is 4.06. The number of aryl methyl sites for hydroxylation is 1. The molecule has 0 unspecified atom stereocenters. The van der Waals surface area contributed by atoms with Crippen molar-refractivity contribution in [3.63, 3.8) is 0 Å². The van der Waals surface area contributed by atoms with Crippen LogP contribution in [0.4, 0.5) is 5.00 Å². The molecule has 0 atom stereocenters.